The Morgan fingerprint density at radius 2 is 2.47 bits per heavy atom. The Kier molecular flexibility index (Phi) is 4.88. The molecule has 0 saturated carbocycles. The molecule has 4 nitrogen and oxygen atoms in total. The van der Waals surface area contributed by atoms with Gasteiger partial charge in [-0.2, -0.15) is 5.26 Å². The first-order valence-corrected chi connectivity index (χ1v) is 4.79. The molecule has 0 radical (unpaired) electrons. The van der Waals surface area contributed by atoms with E-state index in [4.69, 9.17) is 10.1 Å². The average molecular weight is 203 g/mol. The van der Waals surface area contributed by atoms with Gasteiger partial charge >= 0.3 is 0 Å². The van der Waals surface area contributed by atoms with Crippen LogP contribution in [-0.2, 0) is 4.84 Å². The molecule has 0 fully saturated rings. The second-order valence-corrected chi connectivity index (χ2v) is 2.99. The van der Waals surface area contributed by atoms with Gasteiger partial charge in [-0.15, -0.1) is 0 Å². The molecule has 0 aromatic carbocycles. The lowest BCUT2D eigenvalue weighted by atomic mass is 10.3. The van der Waals surface area contributed by atoms with E-state index in [1.807, 2.05) is 31.2 Å². The fourth-order valence-electron chi connectivity index (χ4n) is 0.982. The summed E-state index contributed by atoms with van der Waals surface area (Å²) in [6.07, 6.45) is 2.91. The summed E-state index contributed by atoms with van der Waals surface area (Å²) in [7, 11) is 0. The number of pyridine rings is 1. The van der Waals surface area contributed by atoms with E-state index < -0.39 is 0 Å². The third-order valence-corrected chi connectivity index (χ3v) is 1.76. The first kappa shape index (κ1) is 11.2. The van der Waals surface area contributed by atoms with E-state index in [1.165, 1.54) is 0 Å². The van der Waals surface area contributed by atoms with Gasteiger partial charge in [0.05, 0.1) is 11.8 Å². The van der Waals surface area contributed by atoms with Crippen molar-refractivity contribution in [3.8, 4) is 6.07 Å². The summed E-state index contributed by atoms with van der Waals surface area (Å²) >= 11 is 0. The van der Waals surface area contributed by atoms with Crippen LogP contribution in [0.1, 0.15) is 25.5 Å². The van der Waals surface area contributed by atoms with Gasteiger partial charge in [0.1, 0.15) is 12.3 Å². The van der Waals surface area contributed by atoms with E-state index in [1.54, 1.807) is 6.20 Å². The summed E-state index contributed by atoms with van der Waals surface area (Å²) in [5.41, 5.74) is 1.55. The number of oxime groups is 1. The lowest BCUT2D eigenvalue weighted by Gasteiger charge is -1.99. The maximum Gasteiger partial charge on any atom is 0.118 e. The van der Waals surface area contributed by atoms with Gasteiger partial charge in [-0.3, -0.25) is 4.98 Å². The average Bonchev–Trinajstić information content (AvgIpc) is 2.30. The molecular formula is C11H13N3O. The second kappa shape index (κ2) is 6.55. The number of aromatic nitrogens is 1. The molecule has 0 aliphatic carbocycles. The van der Waals surface area contributed by atoms with Gasteiger partial charge < -0.3 is 4.84 Å². The smallest absolute Gasteiger partial charge is 0.118 e. The largest absolute Gasteiger partial charge is 0.396 e. The van der Waals surface area contributed by atoms with Crippen molar-refractivity contribution >= 4 is 5.71 Å². The molecule has 0 atom stereocenters. The van der Waals surface area contributed by atoms with Crippen molar-refractivity contribution in [2.24, 2.45) is 5.16 Å². The molecule has 1 aromatic heterocycles. The number of unbranched alkanes of at least 4 members (excludes halogenated alkanes) is 1. The zero-order chi connectivity index (χ0) is 10.9. The number of hydrogen-bond acceptors (Lipinski definition) is 4. The van der Waals surface area contributed by atoms with Crippen molar-refractivity contribution in [3.63, 3.8) is 0 Å². The first-order chi connectivity index (χ1) is 7.34. The highest BCUT2D eigenvalue weighted by Gasteiger charge is 1.97. The first-order valence-electron chi connectivity index (χ1n) is 4.79. The van der Waals surface area contributed by atoms with Crippen molar-refractivity contribution in [1.82, 2.24) is 4.98 Å². The molecule has 0 unspecified atom stereocenters. The molecule has 15 heavy (non-hydrogen) atoms. The van der Waals surface area contributed by atoms with Crippen molar-refractivity contribution in [1.29, 1.82) is 5.26 Å². The van der Waals surface area contributed by atoms with Crippen LogP contribution in [0, 0.1) is 11.3 Å². The summed E-state index contributed by atoms with van der Waals surface area (Å²) in [5, 5.41) is 12.2. The van der Waals surface area contributed by atoms with Gasteiger partial charge in [-0.1, -0.05) is 11.2 Å². The molecule has 1 aromatic rings. The number of nitrogens with zero attached hydrogens (tertiary/aromatic N) is 3. The van der Waals surface area contributed by atoms with Gasteiger partial charge in [0.15, 0.2) is 0 Å². The highest BCUT2D eigenvalue weighted by Crippen LogP contribution is 1.97. The lowest BCUT2D eigenvalue weighted by molar-refractivity contribution is 0.142. The Balaban J connectivity index is 2.37. The maximum absolute atomic E-state index is 8.30. The van der Waals surface area contributed by atoms with Gasteiger partial charge in [-0.05, 0) is 25.5 Å². The van der Waals surface area contributed by atoms with Gasteiger partial charge in [0, 0.05) is 12.6 Å². The van der Waals surface area contributed by atoms with Crippen molar-refractivity contribution in [3.05, 3.63) is 30.1 Å². The highest BCUT2D eigenvalue weighted by molar-refractivity contribution is 5.96. The predicted molar refractivity (Wildman–Crippen MR) is 57.2 cm³/mol. The third-order valence-electron chi connectivity index (χ3n) is 1.76. The van der Waals surface area contributed by atoms with E-state index in [0.29, 0.717) is 19.4 Å². The Hall–Kier alpha value is -1.89. The normalized spacial score (nSPS) is 10.8. The summed E-state index contributed by atoms with van der Waals surface area (Å²) in [6.45, 7) is 2.31. The molecule has 0 aliphatic rings. The van der Waals surface area contributed by atoms with Crippen molar-refractivity contribution < 1.29 is 4.84 Å². The molecule has 78 valence electrons. The van der Waals surface area contributed by atoms with Crippen LogP contribution >= 0.6 is 0 Å². The van der Waals surface area contributed by atoms with E-state index in [-0.39, 0.29) is 0 Å². The van der Waals surface area contributed by atoms with Crippen LogP contribution in [-0.4, -0.2) is 17.3 Å². The Morgan fingerprint density at radius 3 is 3.13 bits per heavy atom. The van der Waals surface area contributed by atoms with Gasteiger partial charge in [-0.25, -0.2) is 0 Å². The number of rotatable bonds is 5. The van der Waals surface area contributed by atoms with Crippen molar-refractivity contribution in [2.75, 3.05) is 6.61 Å². The zero-order valence-corrected chi connectivity index (χ0v) is 8.68. The van der Waals surface area contributed by atoms with Gasteiger partial charge in [0.2, 0.25) is 0 Å². The zero-order valence-electron chi connectivity index (χ0n) is 8.68. The minimum Gasteiger partial charge on any atom is -0.396 e. The van der Waals surface area contributed by atoms with Crippen LogP contribution in [0.25, 0.3) is 0 Å². The highest BCUT2D eigenvalue weighted by atomic mass is 16.6. The SMILES string of the molecule is CC(=NOCCCC#N)c1ccccn1. The number of hydrogen-bond donors (Lipinski definition) is 0. The molecular weight excluding hydrogens is 190 g/mol. The third kappa shape index (κ3) is 4.23. The Labute approximate surface area is 89.2 Å². The van der Waals surface area contributed by atoms with Crippen LogP contribution in [0.3, 0.4) is 0 Å². The fourth-order valence-corrected chi connectivity index (χ4v) is 0.982. The lowest BCUT2D eigenvalue weighted by Crippen LogP contribution is -1.99. The molecule has 4 heteroatoms. The summed E-state index contributed by atoms with van der Waals surface area (Å²) < 4.78 is 0. The van der Waals surface area contributed by atoms with Crippen LogP contribution < -0.4 is 0 Å². The Morgan fingerprint density at radius 1 is 1.60 bits per heavy atom. The summed E-state index contributed by atoms with van der Waals surface area (Å²) in [6, 6.07) is 7.67. The molecule has 0 amide bonds. The fraction of sp³-hybridized carbons (Fsp3) is 0.364. The van der Waals surface area contributed by atoms with E-state index in [2.05, 4.69) is 10.1 Å². The number of nitriles is 1. The van der Waals surface area contributed by atoms with E-state index in [0.717, 1.165) is 11.4 Å². The quantitative estimate of drug-likeness (QED) is 0.418. The van der Waals surface area contributed by atoms with E-state index >= 15 is 0 Å². The minimum atomic E-state index is 0.470. The standard InChI is InChI=1S/C11H13N3O/c1-10(11-6-2-4-8-13-11)14-15-9-5-3-7-12/h2,4,6,8H,3,5,9H2,1H3. The molecule has 1 heterocycles. The predicted octanol–water partition coefficient (Wildman–Crippen LogP) is 2.13. The monoisotopic (exact) mass is 203 g/mol. The van der Waals surface area contributed by atoms with Crippen LogP contribution in [0.2, 0.25) is 0 Å². The van der Waals surface area contributed by atoms with Crippen molar-refractivity contribution in [2.45, 2.75) is 19.8 Å². The topological polar surface area (TPSA) is 58.3 Å². The minimum absolute atomic E-state index is 0.470. The maximum atomic E-state index is 8.30. The molecule has 0 bridgehead atoms. The molecule has 0 aliphatic heterocycles. The van der Waals surface area contributed by atoms with Crippen LogP contribution in [0.5, 0.6) is 0 Å². The molecule has 0 saturated heterocycles. The summed E-state index contributed by atoms with van der Waals surface area (Å²) in [4.78, 5) is 9.18. The van der Waals surface area contributed by atoms with Crippen LogP contribution in [0.15, 0.2) is 29.6 Å². The summed E-state index contributed by atoms with van der Waals surface area (Å²) in [5.74, 6) is 0. The second-order valence-electron chi connectivity index (χ2n) is 2.99. The van der Waals surface area contributed by atoms with E-state index in [9.17, 15) is 0 Å². The van der Waals surface area contributed by atoms with Gasteiger partial charge in [0.25, 0.3) is 0 Å². The molecule has 0 N–H and O–H groups in total. The molecule has 1 rings (SSSR count). The Bertz CT molecular complexity index is 354. The van der Waals surface area contributed by atoms with Crippen LogP contribution in [0.4, 0.5) is 0 Å². The molecule has 0 spiro atoms.